The zero-order valence-corrected chi connectivity index (χ0v) is 11.6. The van der Waals surface area contributed by atoms with Crippen LogP contribution in [0.25, 0.3) is 0 Å². The van der Waals surface area contributed by atoms with E-state index >= 15 is 0 Å². The first-order valence-corrected chi connectivity index (χ1v) is 7.07. The van der Waals surface area contributed by atoms with Crippen molar-refractivity contribution >= 4 is 5.91 Å². The van der Waals surface area contributed by atoms with Gasteiger partial charge in [-0.15, -0.1) is 0 Å². The molecule has 0 aliphatic heterocycles. The Morgan fingerprint density at radius 1 is 1.19 bits per heavy atom. The van der Waals surface area contributed by atoms with Gasteiger partial charge in [0.05, 0.1) is 5.92 Å². The van der Waals surface area contributed by atoms with Gasteiger partial charge in [-0.25, -0.2) is 0 Å². The molecule has 0 spiro atoms. The normalized spacial score (nSPS) is 23.0. The molecule has 6 heteroatoms. The summed E-state index contributed by atoms with van der Waals surface area (Å²) in [6.45, 7) is 0.357. The van der Waals surface area contributed by atoms with Crippen molar-refractivity contribution in [3.8, 4) is 0 Å². The molecule has 0 bridgehead atoms. The van der Waals surface area contributed by atoms with Crippen molar-refractivity contribution in [3.63, 3.8) is 0 Å². The van der Waals surface area contributed by atoms with Gasteiger partial charge in [0.15, 0.2) is 0 Å². The minimum absolute atomic E-state index is 0.196. The number of nitrogens with two attached hydrogens (primary N) is 1. The van der Waals surface area contributed by atoms with E-state index in [1.807, 2.05) is 0 Å². The monoisotopic (exact) mass is 300 g/mol. The fourth-order valence-electron chi connectivity index (χ4n) is 2.80. The summed E-state index contributed by atoms with van der Waals surface area (Å²) in [6.07, 6.45) is -1.94. The molecular formula is C15H19F3N2O. The van der Waals surface area contributed by atoms with E-state index in [0.717, 1.165) is 12.0 Å². The Balaban J connectivity index is 1.96. The molecule has 0 heterocycles. The topological polar surface area (TPSA) is 55.1 Å². The number of alkyl halides is 3. The molecule has 1 fully saturated rings. The van der Waals surface area contributed by atoms with Gasteiger partial charge < -0.3 is 11.1 Å². The number of halogens is 3. The molecule has 1 aromatic rings. The predicted molar refractivity (Wildman–Crippen MR) is 73.6 cm³/mol. The number of hydrogen-bond donors (Lipinski definition) is 2. The molecule has 0 saturated heterocycles. The van der Waals surface area contributed by atoms with Crippen molar-refractivity contribution in [2.75, 3.05) is 0 Å². The molecule has 1 aliphatic rings. The third-order valence-electron chi connectivity index (χ3n) is 3.99. The van der Waals surface area contributed by atoms with E-state index in [4.69, 9.17) is 5.73 Å². The van der Waals surface area contributed by atoms with E-state index in [1.165, 1.54) is 0 Å². The molecule has 3 N–H and O–H groups in total. The van der Waals surface area contributed by atoms with E-state index in [2.05, 4.69) is 5.32 Å². The lowest BCUT2D eigenvalue weighted by molar-refractivity contribution is -0.189. The van der Waals surface area contributed by atoms with Gasteiger partial charge in [-0.05, 0) is 30.5 Å². The van der Waals surface area contributed by atoms with Gasteiger partial charge in [0.25, 0.3) is 0 Å². The summed E-state index contributed by atoms with van der Waals surface area (Å²) in [5, 5.41) is 3.01. The van der Waals surface area contributed by atoms with Crippen molar-refractivity contribution < 1.29 is 18.0 Å². The smallest absolute Gasteiger partial charge is 0.366 e. The SMILES string of the molecule is NC(=O)c1ccc(CNC2CCCCC2C(F)(F)F)cc1. The van der Waals surface area contributed by atoms with Crippen LogP contribution in [0.4, 0.5) is 13.2 Å². The lowest BCUT2D eigenvalue weighted by atomic mass is 9.84. The van der Waals surface area contributed by atoms with Crippen LogP contribution in [-0.2, 0) is 6.54 Å². The average Bonchev–Trinajstić information content (AvgIpc) is 2.45. The maximum atomic E-state index is 13.0. The maximum absolute atomic E-state index is 13.0. The Labute approximate surface area is 121 Å². The number of nitrogens with one attached hydrogen (secondary N) is 1. The van der Waals surface area contributed by atoms with Crippen LogP contribution >= 0.6 is 0 Å². The Morgan fingerprint density at radius 2 is 1.81 bits per heavy atom. The second-order valence-electron chi connectivity index (χ2n) is 5.48. The Kier molecular flexibility index (Phi) is 4.88. The first-order valence-electron chi connectivity index (χ1n) is 7.07. The van der Waals surface area contributed by atoms with Crippen LogP contribution in [0.3, 0.4) is 0 Å². The Hall–Kier alpha value is -1.56. The summed E-state index contributed by atoms with van der Waals surface area (Å²) < 4.78 is 38.9. The van der Waals surface area contributed by atoms with Gasteiger partial charge >= 0.3 is 6.18 Å². The zero-order chi connectivity index (χ0) is 15.5. The molecule has 1 amide bonds. The van der Waals surface area contributed by atoms with Crippen LogP contribution in [0.2, 0.25) is 0 Å². The van der Waals surface area contributed by atoms with Crippen LogP contribution in [0.1, 0.15) is 41.6 Å². The third-order valence-corrected chi connectivity index (χ3v) is 3.99. The number of rotatable bonds is 4. The number of amides is 1. The van der Waals surface area contributed by atoms with Crippen LogP contribution in [-0.4, -0.2) is 18.1 Å². The van der Waals surface area contributed by atoms with Gasteiger partial charge in [0.2, 0.25) is 5.91 Å². The van der Waals surface area contributed by atoms with Crippen LogP contribution in [0.5, 0.6) is 0 Å². The minimum atomic E-state index is -4.14. The van der Waals surface area contributed by atoms with Gasteiger partial charge in [-0.3, -0.25) is 4.79 Å². The lowest BCUT2D eigenvalue weighted by Gasteiger charge is -2.33. The second kappa shape index (κ2) is 6.47. The molecule has 0 aromatic heterocycles. The Bertz CT molecular complexity index is 485. The fourth-order valence-corrected chi connectivity index (χ4v) is 2.80. The third kappa shape index (κ3) is 4.20. The molecule has 2 unspecified atom stereocenters. The highest BCUT2D eigenvalue weighted by Gasteiger charge is 2.45. The van der Waals surface area contributed by atoms with E-state index < -0.39 is 24.0 Å². The van der Waals surface area contributed by atoms with Crippen molar-refractivity contribution in [1.29, 1.82) is 0 Å². The van der Waals surface area contributed by atoms with Crippen molar-refractivity contribution in [2.45, 2.75) is 44.4 Å². The van der Waals surface area contributed by atoms with Gasteiger partial charge in [-0.1, -0.05) is 25.0 Å². The lowest BCUT2D eigenvalue weighted by Crippen LogP contribution is -2.45. The average molecular weight is 300 g/mol. The van der Waals surface area contributed by atoms with Crippen LogP contribution < -0.4 is 11.1 Å². The second-order valence-corrected chi connectivity index (χ2v) is 5.48. The largest absolute Gasteiger partial charge is 0.393 e. The molecule has 1 saturated carbocycles. The van der Waals surface area contributed by atoms with Gasteiger partial charge in [0.1, 0.15) is 0 Å². The molecule has 21 heavy (non-hydrogen) atoms. The predicted octanol–water partition coefficient (Wildman–Crippen LogP) is 3.00. The summed E-state index contributed by atoms with van der Waals surface area (Å²) in [5.41, 5.74) is 6.37. The molecule has 3 nitrogen and oxygen atoms in total. The quantitative estimate of drug-likeness (QED) is 0.898. The fraction of sp³-hybridized carbons (Fsp3) is 0.533. The number of carbonyl (C=O) groups excluding carboxylic acids is 1. The number of benzene rings is 1. The molecule has 0 radical (unpaired) electrons. The highest BCUT2D eigenvalue weighted by Crippen LogP contribution is 2.37. The van der Waals surface area contributed by atoms with E-state index in [-0.39, 0.29) is 6.42 Å². The summed E-state index contributed by atoms with van der Waals surface area (Å²) >= 11 is 0. The molecule has 2 rings (SSSR count). The molecular weight excluding hydrogens is 281 g/mol. The van der Waals surface area contributed by atoms with Crippen LogP contribution in [0, 0.1) is 5.92 Å². The summed E-state index contributed by atoms with van der Waals surface area (Å²) in [6, 6.07) is 6.05. The van der Waals surface area contributed by atoms with Gasteiger partial charge in [0, 0.05) is 18.2 Å². The van der Waals surface area contributed by atoms with Crippen molar-refractivity contribution in [3.05, 3.63) is 35.4 Å². The summed E-state index contributed by atoms with van der Waals surface area (Å²) in [7, 11) is 0. The summed E-state index contributed by atoms with van der Waals surface area (Å²) in [5.74, 6) is -1.78. The van der Waals surface area contributed by atoms with Crippen LogP contribution in [0.15, 0.2) is 24.3 Å². The van der Waals surface area contributed by atoms with Gasteiger partial charge in [-0.2, -0.15) is 13.2 Å². The number of primary amides is 1. The number of carbonyl (C=O) groups is 1. The maximum Gasteiger partial charge on any atom is 0.393 e. The molecule has 1 aromatic carbocycles. The standard InChI is InChI=1S/C15H19F3N2O/c16-15(17,18)12-3-1-2-4-13(12)20-9-10-5-7-11(8-6-10)14(19)21/h5-8,12-13,20H,1-4,9H2,(H2,19,21). The van der Waals surface area contributed by atoms with Crippen molar-refractivity contribution in [2.24, 2.45) is 11.7 Å². The number of hydrogen-bond acceptors (Lipinski definition) is 2. The zero-order valence-electron chi connectivity index (χ0n) is 11.6. The minimum Gasteiger partial charge on any atom is -0.366 e. The first-order chi connectivity index (χ1) is 9.88. The molecule has 1 aliphatic carbocycles. The van der Waals surface area contributed by atoms with E-state index in [1.54, 1.807) is 24.3 Å². The molecule has 116 valence electrons. The molecule has 2 atom stereocenters. The Morgan fingerprint density at radius 3 is 2.38 bits per heavy atom. The highest BCUT2D eigenvalue weighted by molar-refractivity contribution is 5.92. The van der Waals surface area contributed by atoms with E-state index in [0.29, 0.717) is 24.9 Å². The highest BCUT2D eigenvalue weighted by atomic mass is 19.4. The first kappa shape index (κ1) is 15.8. The summed E-state index contributed by atoms with van der Waals surface area (Å²) in [4.78, 5) is 11.0. The van der Waals surface area contributed by atoms with E-state index in [9.17, 15) is 18.0 Å². The van der Waals surface area contributed by atoms with Crippen molar-refractivity contribution in [1.82, 2.24) is 5.32 Å².